The van der Waals surface area contributed by atoms with Crippen LogP contribution in [-0.2, 0) is 14.9 Å². The van der Waals surface area contributed by atoms with Gasteiger partial charge in [0.25, 0.3) is 10.1 Å². The first kappa shape index (κ1) is 22.0. The maximum atomic E-state index is 13.0. The van der Waals surface area contributed by atoms with Gasteiger partial charge in [-0.1, -0.05) is 58.5 Å². The van der Waals surface area contributed by atoms with E-state index in [2.05, 4.69) is 0 Å². The van der Waals surface area contributed by atoms with Crippen molar-refractivity contribution in [3.8, 4) is 11.5 Å². The van der Waals surface area contributed by atoms with Gasteiger partial charge < -0.3 is 10.2 Å². The van der Waals surface area contributed by atoms with Crippen LogP contribution in [-0.4, -0.2) is 23.2 Å². The minimum absolute atomic E-state index is 0.0457. The standard InChI is InChI=1S/C19H12Cl4O5S/c20-12-7-11(8-13(21)9-12)19(29(26,27)28,10-1-3-14(24)4-2-10)17-16(25)6-5-15(22)18(17)23/h1-9,24-25H,(H,26,27,28). The Balaban J connectivity index is 2.63. The maximum absolute atomic E-state index is 13.0. The number of hydrogen-bond acceptors (Lipinski definition) is 4. The van der Waals surface area contributed by atoms with E-state index in [1.165, 1.54) is 48.5 Å². The fourth-order valence-corrected chi connectivity index (χ4v) is 5.57. The Bertz CT molecular complexity index is 1180. The summed E-state index contributed by atoms with van der Waals surface area (Å²) in [5, 5.41) is 20.1. The topological polar surface area (TPSA) is 94.8 Å². The van der Waals surface area contributed by atoms with Crippen molar-refractivity contribution in [1.82, 2.24) is 0 Å². The summed E-state index contributed by atoms with van der Waals surface area (Å²) in [5.41, 5.74) is -0.531. The molecule has 0 aliphatic carbocycles. The quantitative estimate of drug-likeness (QED) is 0.311. The van der Waals surface area contributed by atoms with Crippen molar-refractivity contribution in [3.05, 3.63) is 91.4 Å². The van der Waals surface area contributed by atoms with E-state index in [1.54, 1.807) is 0 Å². The molecule has 0 saturated heterocycles. The summed E-state index contributed by atoms with van der Waals surface area (Å²) in [6, 6.07) is 11.3. The molecule has 10 heteroatoms. The molecule has 0 spiro atoms. The van der Waals surface area contributed by atoms with E-state index in [1.807, 2.05) is 0 Å². The Morgan fingerprint density at radius 3 is 1.83 bits per heavy atom. The molecule has 0 fully saturated rings. The van der Waals surface area contributed by atoms with Crippen molar-refractivity contribution in [2.75, 3.05) is 0 Å². The fraction of sp³-hybridized carbons (Fsp3) is 0.0526. The zero-order valence-electron chi connectivity index (χ0n) is 14.3. The average molecular weight is 494 g/mol. The molecule has 5 nitrogen and oxygen atoms in total. The average Bonchev–Trinajstić information content (AvgIpc) is 2.61. The third-order valence-electron chi connectivity index (χ3n) is 4.35. The van der Waals surface area contributed by atoms with Crippen LogP contribution < -0.4 is 0 Å². The molecule has 29 heavy (non-hydrogen) atoms. The van der Waals surface area contributed by atoms with Gasteiger partial charge in [-0.05, 0) is 53.6 Å². The summed E-state index contributed by atoms with van der Waals surface area (Å²) in [6.07, 6.45) is 0. The van der Waals surface area contributed by atoms with Crippen LogP contribution in [0.3, 0.4) is 0 Å². The van der Waals surface area contributed by atoms with Crippen molar-refractivity contribution < 1.29 is 23.2 Å². The minimum Gasteiger partial charge on any atom is -0.508 e. The lowest BCUT2D eigenvalue weighted by atomic mass is 9.83. The van der Waals surface area contributed by atoms with Gasteiger partial charge in [0.2, 0.25) is 0 Å². The molecule has 3 aromatic carbocycles. The number of rotatable bonds is 4. The summed E-state index contributed by atoms with van der Waals surface area (Å²) in [5.74, 6) is -0.690. The van der Waals surface area contributed by atoms with Crippen LogP contribution in [0.15, 0.2) is 54.6 Å². The molecule has 152 valence electrons. The molecule has 0 saturated carbocycles. The molecule has 0 aliphatic heterocycles. The van der Waals surface area contributed by atoms with Gasteiger partial charge >= 0.3 is 0 Å². The normalized spacial score (nSPS) is 13.8. The van der Waals surface area contributed by atoms with Crippen LogP contribution in [0.4, 0.5) is 0 Å². The Labute approximate surface area is 186 Å². The number of hydrogen-bond donors (Lipinski definition) is 3. The number of aromatic hydroxyl groups is 2. The zero-order valence-corrected chi connectivity index (χ0v) is 18.1. The second kappa shape index (κ2) is 7.87. The van der Waals surface area contributed by atoms with E-state index < -0.39 is 26.2 Å². The van der Waals surface area contributed by atoms with Crippen molar-refractivity contribution >= 4 is 56.5 Å². The minimum atomic E-state index is -5.10. The first-order valence-corrected chi connectivity index (χ1v) is 10.8. The van der Waals surface area contributed by atoms with Gasteiger partial charge in [0.15, 0.2) is 4.75 Å². The molecular weight excluding hydrogens is 482 g/mol. The Hall–Kier alpha value is -1.67. The molecule has 0 aliphatic rings. The first-order chi connectivity index (χ1) is 13.5. The molecule has 0 bridgehead atoms. The lowest BCUT2D eigenvalue weighted by Gasteiger charge is -2.34. The van der Waals surface area contributed by atoms with Crippen molar-refractivity contribution in [1.29, 1.82) is 0 Å². The van der Waals surface area contributed by atoms with E-state index >= 15 is 0 Å². The molecule has 0 amide bonds. The second-order valence-electron chi connectivity index (χ2n) is 6.12. The highest BCUT2D eigenvalue weighted by atomic mass is 35.5. The van der Waals surface area contributed by atoms with Gasteiger partial charge in [-0.2, -0.15) is 8.42 Å². The highest BCUT2D eigenvalue weighted by molar-refractivity contribution is 7.87. The van der Waals surface area contributed by atoms with E-state index in [9.17, 15) is 23.2 Å². The summed E-state index contributed by atoms with van der Waals surface area (Å²) < 4.78 is 34.0. The van der Waals surface area contributed by atoms with E-state index in [0.717, 1.165) is 6.07 Å². The zero-order chi connectivity index (χ0) is 21.6. The summed E-state index contributed by atoms with van der Waals surface area (Å²) in [6.45, 7) is 0. The predicted molar refractivity (Wildman–Crippen MR) is 114 cm³/mol. The van der Waals surface area contributed by atoms with Crippen molar-refractivity contribution in [2.45, 2.75) is 4.75 Å². The van der Waals surface area contributed by atoms with Crippen LogP contribution in [0, 0.1) is 0 Å². The summed E-state index contributed by atoms with van der Waals surface area (Å²) >= 11 is 24.6. The third-order valence-corrected chi connectivity index (χ3v) is 7.04. The number of halogens is 4. The number of phenolic OH excluding ortho intramolecular Hbond substituents is 2. The number of benzene rings is 3. The number of phenols is 2. The lowest BCUT2D eigenvalue weighted by Crippen LogP contribution is -2.38. The fourth-order valence-electron chi connectivity index (χ4n) is 3.21. The molecule has 3 aromatic rings. The monoisotopic (exact) mass is 492 g/mol. The van der Waals surface area contributed by atoms with Crippen LogP contribution in [0.1, 0.15) is 16.7 Å². The van der Waals surface area contributed by atoms with E-state index in [0.29, 0.717) is 0 Å². The van der Waals surface area contributed by atoms with Gasteiger partial charge in [-0.15, -0.1) is 0 Å². The first-order valence-electron chi connectivity index (χ1n) is 7.89. The molecule has 0 heterocycles. The van der Waals surface area contributed by atoms with Gasteiger partial charge in [0, 0.05) is 15.6 Å². The second-order valence-corrected chi connectivity index (χ2v) is 9.34. The van der Waals surface area contributed by atoms with Gasteiger partial charge in [0.05, 0.1) is 10.0 Å². The van der Waals surface area contributed by atoms with Gasteiger partial charge in [-0.25, -0.2) is 0 Å². The smallest absolute Gasteiger partial charge is 0.283 e. The van der Waals surface area contributed by atoms with E-state index in [4.69, 9.17) is 46.4 Å². The van der Waals surface area contributed by atoms with Crippen molar-refractivity contribution in [3.63, 3.8) is 0 Å². The van der Waals surface area contributed by atoms with Crippen LogP contribution >= 0.6 is 46.4 Å². The van der Waals surface area contributed by atoms with Gasteiger partial charge in [-0.3, -0.25) is 4.55 Å². The highest BCUT2D eigenvalue weighted by Crippen LogP contribution is 2.52. The van der Waals surface area contributed by atoms with Crippen LogP contribution in [0.5, 0.6) is 11.5 Å². The van der Waals surface area contributed by atoms with Crippen molar-refractivity contribution in [2.24, 2.45) is 0 Å². The Morgan fingerprint density at radius 2 is 1.31 bits per heavy atom. The lowest BCUT2D eigenvalue weighted by molar-refractivity contribution is 0.440. The maximum Gasteiger partial charge on any atom is 0.283 e. The predicted octanol–water partition coefficient (Wildman–Crippen LogP) is 5.89. The molecule has 1 atom stereocenters. The Kier molecular flexibility index (Phi) is 5.98. The SMILES string of the molecule is O=S(=O)(O)C(c1ccc(O)cc1)(c1cc(Cl)cc(Cl)c1)c1c(O)ccc(Cl)c1Cl. The molecule has 0 radical (unpaired) electrons. The molecule has 0 aromatic heterocycles. The largest absolute Gasteiger partial charge is 0.508 e. The highest BCUT2D eigenvalue weighted by Gasteiger charge is 2.52. The van der Waals surface area contributed by atoms with Crippen LogP contribution in [0.2, 0.25) is 20.1 Å². The Morgan fingerprint density at radius 1 is 0.759 bits per heavy atom. The summed E-state index contributed by atoms with van der Waals surface area (Å²) in [7, 11) is -5.10. The third kappa shape index (κ3) is 3.77. The van der Waals surface area contributed by atoms with Crippen LogP contribution in [0.25, 0.3) is 0 Å². The molecule has 3 N–H and O–H groups in total. The molecular formula is C19H12Cl4O5S. The van der Waals surface area contributed by atoms with Gasteiger partial charge in [0.1, 0.15) is 11.5 Å². The van der Waals surface area contributed by atoms with E-state index in [-0.39, 0.29) is 37.0 Å². The summed E-state index contributed by atoms with van der Waals surface area (Å²) in [4.78, 5) is 0. The molecule has 1 unspecified atom stereocenters. The molecule has 3 rings (SSSR count).